The molecule has 0 unspecified atom stereocenters. The molecule has 26 heavy (non-hydrogen) atoms. The monoisotopic (exact) mass is 397 g/mol. The lowest BCUT2D eigenvalue weighted by molar-refractivity contribution is -0.143. The molecule has 0 fully saturated rings. The second-order valence-corrected chi connectivity index (χ2v) is 6.29. The standard InChI is InChI=1S/C17H17F6NOS/c18-16(19,20)13-6-10(7-14(9-13)17(21,22)23)5-11-3-1-2-4-12(11)8-15(25)24-26/h6-9,24-26H,1-5H2/b15-8+. The Hall–Kier alpha value is -1.77. The molecule has 0 bridgehead atoms. The fraction of sp³-hybridized carbons (Fsp3) is 0.412. The van der Waals surface area contributed by atoms with E-state index in [0.717, 1.165) is 25.0 Å². The Labute approximate surface area is 152 Å². The zero-order valence-corrected chi connectivity index (χ0v) is 14.4. The van der Waals surface area contributed by atoms with Gasteiger partial charge in [0.1, 0.15) is 0 Å². The molecule has 1 aromatic carbocycles. The molecule has 0 saturated heterocycles. The van der Waals surface area contributed by atoms with Crippen LogP contribution < -0.4 is 4.72 Å². The maximum atomic E-state index is 13.0. The maximum Gasteiger partial charge on any atom is 0.416 e. The number of aliphatic hydroxyl groups is 1. The van der Waals surface area contributed by atoms with Gasteiger partial charge in [0, 0.05) is 6.08 Å². The van der Waals surface area contributed by atoms with Gasteiger partial charge >= 0.3 is 12.4 Å². The summed E-state index contributed by atoms with van der Waals surface area (Å²) in [7, 11) is 0. The Morgan fingerprint density at radius 3 is 2.04 bits per heavy atom. The van der Waals surface area contributed by atoms with E-state index in [4.69, 9.17) is 0 Å². The summed E-state index contributed by atoms with van der Waals surface area (Å²) in [6.45, 7) is 0. The highest BCUT2D eigenvalue weighted by Crippen LogP contribution is 2.37. The molecule has 1 aliphatic carbocycles. The first kappa shape index (κ1) is 20.5. The van der Waals surface area contributed by atoms with E-state index in [1.54, 1.807) is 0 Å². The van der Waals surface area contributed by atoms with E-state index >= 15 is 0 Å². The SMILES string of the molecule is O/C(=C/C1=C(Cc2cc(C(F)(F)F)cc(C(F)(F)F)c2)CCCC1)NS. The Morgan fingerprint density at radius 1 is 1.00 bits per heavy atom. The van der Waals surface area contributed by atoms with Gasteiger partial charge in [-0.05, 0) is 61.4 Å². The number of alkyl halides is 6. The molecule has 0 saturated carbocycles. The number of thiol groups is 1. The lowest BCUT2D eigenvalue weighted by Gasteiger charge is -2.20. The van der Waals surface area contributed by atoms with Gasteiger partial charge in [-0.3, -0.25) is 0 Å². The number of hydrogen-bond donors (Lipinski definition) is 3. The van der Waals surface area contributed by atoms with Gasteiger partial charge in [0.05, 0.1) is 11.1 Å². The van der Waals surface area contributed by atoms with Crippen LogP contribution in [0.3, 0.4) is 0 Å². The van der Waals surface area contributed by atoms with Crippen LogP contribution in [0.25, 0.3) is 0 Å². The molecular formula is C17H17F6NOS. The summed E-state index contributed by atoms with van der Waals surface area (Å²) in [4.78, 5) is 0. The highest BCUT2D eigenvalue weighted by atomic mass is 32.1. The molecule has 0 heterocycles. The van der Waals surface area contributed by atoms with Crippen molar-refractivity contribution in [2.45, 2.75) is 44.5 Å². The fourth-order valence-electron chi connectivity index (χ4n) is 2.93. The molecule has 1 aromatic rings. The van der Waals surface area contributed by atoms with Crippen molar-refractivity contribution >= 4 is 12.8 Å². The number of halogens is 6. The number of benzene rings is 1. The van der Waals surface area contributed by atoms with Crippen molar-refractivity contribution in [2.75, 3.05) is 0 Å². The van der Waals surface area contributed by atoms with E-state index < -0.39 is 23.5 Å². The largest absolute Gasteiger partial charge is 0.494 e. The van der Waals surface area contributed by atoms with Crippen molar-refractivity contribution in [3.8, 4) is 0 Å². The average molecular weight is 397 g/mol. The maximum absolute atomic E-state index is 13.0. The molecule has 0 atom stereocenters. The summed E-state index contributed by atoms with van der Waals surface area (Å²) in [6.07, 6.45) is -5.64. The summed E-state index contributed by atoms with van der Waals surface area (Å²) in [6, 6.07) is 1.61. The van der Waals surface area contributed by atoms with Crippen molar-refractivity contribution < 1.29 is 31.4 Å². The van der Waals surface area contributed by atoms with E-state index in [-0.39, 0.29) is 23.9 Å². The van der Waals surface area contributed by atoms with E-state index in [0.29, 0.717) is 24.0 Å². The molecule has 2 N–H and O–H groups in total. The Morgan fingerprint density at radius 2 is 1.54 bits per heavy atom. The van der Waals surface area contributed by atoms with Crippen molar-refractivity contribution in [3.05, 3.63) is 58.0 Å². The van der Waals surface area contributed by atoms with E-state index in [1.165, 1.54) is 6.08 Å². The molecule has 0 amide bonds. The van der Waals surface area contributed by atoms with Gasteiger partial charge in [0.2, 0.25) is 0 Å². The quantitative estimate of drug-likeness (QED) is 0.332. The second-order valence-electron chi connectivity index (χ2n) is 6.07. The fourth-order valence-corrected chi connectivity index (χ4v) is 3.00. The summed E-state index contributed by atoms with van der Waals surface area (Å²) in [5.41, 5.74) is -1.31. The first-order valence-electron chi connectivity index (χ1n) is 7.80. The van der Waals surface area contributed by atoms with Gasteiger partial charge < -0.3 is 9.83 Å². The molecular weight excluding hydrogens is 380 g/mol. The van der Waals surface area contributed by atoms with Gasteiger partial charge in [-0.25, -0.2) is 0 Å². The van der Waals surface area contributed by atoms with Crippen molar-refractivity contribution in [1.82, 2.24) is 4.72 Å². The van der Waals surface area contributed by atoms with Gasteiger partial charge in [-0.2, -0.15) is 26.3 Å². The van der Waals surface area contributed by atoms with Crippen molar-refractivity contribution in [1.29, 1.82) is 0 Å². The van der Waals surface area contributed by atoms with Crippen LogP contribution in [0.2, 0.25) is 0 Å². The second kappa shape index (κ2) is 7.85. The Balaban J connectivity index is 2.47. The minimum absolute atomic E-state index is 0.0430. The Bertz CT molecular complexity index is 689. The molecule has 0 aromatic heterocycles. The van der Waals surface area contributed by atoms with Gasteiger partial charge in [-0.1, -0.05) is 18.4 Å². The predicted molar refractivity (Wildman–Crippen MR) is 88.5 cm³/mol. The van der Waals surface area contributed by atoms with Crippen LogP contribution in [-0.2, 0) is 18.8 Å². The summed E-state index contributed by atoms with van der Waals surface area (Å²) < 4.78 is 80.1. The van der Waals surface area contributed by atoms with E-state index in [2.05, 4.69) is 17.5 Å². The Kier molecular flexibility index (Phi) is 6.21. The lowest BCUT2D eigenvalue weighted by Crippen LogP contribution is -2.12. The molecule has 2 nitrogen and oxygen atoms in total. The van der Waals surface area contributed by atoms with Gasteiger partial charge in [0.15, 0.2) is 5.88 Å². The normalized spacial score (nSPS) is 16.8. The summed E-state index contributed by atoms with van der Waals surface area (Å²) in [5, 5.41) is 9.54. The van der Waals surface area contributed by atoms with E-state index in [9.17, 15) is 31.4 Å². The topological polar surface area (TPSA) is 32.3 Å². The number of allylic oxidation sites excluding steroid dienone is 3. The third-order valence-corrected chi connectivity index (χ3v) is 4.35. The molecule has 2 rings (SSSR count). The molecule has 0 spiro atoms. The lowest BCUT2D eigenvalue weighted by atomic mass is 9.87. The van der Waals surface area contributed by atoms with Crippen LogP contribution in [0.4, 0.5) is 26.3 Å². The molecule has 0 radical (unpaired) electrons. The predicted octanol–water partition coefficient (Wildman–Crippen LogP) is 5.97. The average Bonchev–Trinajstić information content (AvgIpc) is 2.54. The van der Waals surface area contributed by atoms with Crippen LogP contribution in [0.5, 0.6) is 0 Å². The summed E-state index contributed by atoms with van der Waals surface area (Å²) >= 11 is 3.69. The third-order valence-electron chi connectivity index (χ3n) is 4.12. The minimum Gasteiger partial charge on any atom is -0.494 e. The molecule has 144 valence electrons. The number of hydrogen-bond acceptors (Lipinski definition) is 3. The van der Waals surface area contributed by atoms with Crippen molar-refractivity contribution in [3.63, 3.8) is 0 Å². The number of rotatable bonds is 4. The van der Waals surface area contributed by atoms with Crippen LogP contribution in [0.1, 0.15) is 42.4 Å². The zero-order valence-electron chi connectivity index (χ0n) is 13.5. The van der Waals surface area contributed by atoms with Crippen LogP contribution in [0, 0.1) is 0 Å². The van der Waals surface area contributed by atoms with Gasteiger partial charge in [-0.15, -0.1) is 0 Å². The molecule has 1 aliphatic rings. The number of aliphatic hydroxyl groups excluding tert-OH is 1. The molecule has 0 aliphatic heterocycles. The smallest absolute Gasteiger partial charge is 0.416 e. The first-order chi connectivity index (χ1) is 12.0. The highest BCUT2D eigenvalue weighted by Gasteiger charge is 2.36. The van der Waals surface area contributed by atoms with Crippen LogP contribution in [0.15, 0.2) is 41.3 Å². The first-order valence-corrected chi connectivity index (χ1v) is 8.25. The van der Waals surface area contributed by atoms with Crippen LogP contribution in [-0.4, -0.2) is 5.11 Å². The van der Waals surface area contributed by atoms with Gasteiger partial charge in [0.25, 0.3) is 0 Å². The zero-order chi connectivity index (χ0) is 19.5. The van der Waals surface area contributed by atoms with E-state index in [1.807, 2.05) is 0 Å². The highest BCUT2D eigenvalue weighted by molar-refractivity contribution is 7.78. The molecule has 9 heteroatoms. The van der Waals surface area contributed by atoms with Crippen LogP contribution >= 0.6 is 12.8 Å². The number of nitrogens with one attached hydrogen (secondary N) is 1. The van der Waals surface area contributed by atoms with Crippen molar-refractivity contribution in [2.24, 2.45) is 0 Å². The summed E-state index contributed by atoms with van der Waals surface area (Å²) in [5.74, 6) is -0.234. The minimum atomic E-state index is -4.87. The third kappa shape index (κ3) is 5.36.